The Morgan fingerprint density at radius 2 is 2.54 bits per heavy atom. The molecule has 0 fully saturated rings. The fourth-order valence-corrected chi connectivity index (χ4v) is 2.30. The minimum Gasteiger partial charge on any atom is -0.372 e. The summed E-state index contributed by atoms with van der Waals surface area (Å²) in [6.45, 7) is 3.23. The molecule has 13 heavy (non-hydrogen) atoms. The van der Waals surface area contributed by atoms with Gasteiger partial charge < -0.3 is 5.32 Å². The number of hydrogen-bond acceptors (Lipinski definition) is 2. The molecule has 2 atom stereocenters. The monoisotopic (exact) mass is 178 g/mol. The lowest BCUT2D eigenvalue weighted by atomic mass is 9.87. The summed E-state index contributed by atoms with van der Waals surface area (Å²) >= 11 is 0. The van der Waals surface area contributed by atoms with Gasteiger partial charge in [0.05, 0.1) is 12.9 Å². The van der Waals surface area contributed by atoms with Crippen LogP contribution in [0.15, 0.2) is 16.6 Å². The van der Waals surface area contributed by atoms with Gasteiger partial charge in [-0.2, -0.15) is 0 Å². The van der Waals surface area contributed by atoms with Crippen molar-refractivity contribution >= 4 is 6.34 Å². The Morgan fingerprint density at radius 3 is 3.23 bits per heavy atom. The van der Waals surface area contributed by atoms with Crippen molar-refractivity contribution in [3.05, 3.63) is 11.6 Å². The van der Waals surface area contributed by atoms with E-state index in [-0.39, 0.29) is 0 Å². The number of nitrogens with one attached hydrogen (secondary N) is 1. The topological polar surface area (TPSA) is 24.4 Å². The van der Waals surface area contributed by atoms with Gasteiger partial charge in [-0.05, 0) is 38.5 Å². The standard InChI is InChI=1S/C11H18N2/c1-9-3-2-4-10(5-9)6-11-7-12-8-13-11/h5,8,10-11H,2-4,6-7H2,1H3,(H,12,13). The molecule has 0 spiro atoms. The SMILES string of the molecule is CC1=CC(CC2CN=CN2)CCC1. The molecule has 1 heterocycles. The van der Waals surface area contributed by atoms with Crippen molar-refractivity contribution in [3.63, 3.8) is 0 Å². The summed E-state index contributed by atoms with van der Waals surface area (Å²) in [7, 11) is 0. The summed E-state index contributed by atoms with van der Waals surface area (Å²) in [5.41, 5.74) is 1.58. The third-order valence-electron chi connectivity index (χ3n) is 2.98. The molecule has 0 amide bonds. The van der Waals surface area contributed by atoms with Crippen LogP contribution in [0.5, 0.6) is 0 Å². The molecule has 0 saturated carbocycles. The number of nitrogens with zero attached hydrogens (tertiary/aromatic N) is 1. The van der Waals surface area contributed by atoms with Crippen LogP contribution in [0.1, 0.15) is 32.6 Å². The molecule has 2 nitrogen and oxygen atoms in total. The van der Waals surface area contributed by atoms with Gasteiger partial charge >= 0.3 is 0 Å². The van der Waals surface area contributed by atoms with Crippen molar-refractivity contribution in [2.45, 2.75) is 38.6 Å². The molecular weight excluding hydrogens is 160 g/mol. The van der Waals surface area contributed by atoms with E-state index in [0.29, 0.717) is 6.04 Å². The molecule has 0 aromatic carbocycles. The van der Waals surface area contributed by atoms with E-state index in [1.165, 1.54) is 25.7 Å². The molecule has 0 saturated heterocycles. The Morgan fingerprint density at radius 1 is 1.62 bits per heavy atom. The average molecular weight is 178 g/mol. The first-order valence-electron chi connectivity index (χ1n) is 5.26. The average Bonchev–Trinajstić information content (AvgIpc) is 2.57. The van der Waals surface area contributed by atoms with Gasteiger partial charge in [-0.15, -0.1) is 0 Å². The van der Waals surface area contributed by atoms with Crippen LogP contribution in [0.3, 0.4) is 0 Å². The molecule has 1 N–H and O–H groups in total. The Hall–Kier alpha value is -0.790. The third kappa shape index (κ3) is 2.33. The van der Waals surface area contributed by atoms with E-state index in [4.69, 9.17) is 0 Å². The lowest BCUT2D eigenvalue weighted by Crippen LogP contribution is -2.27. The highest BCUT2D eigenvalue weighted by molar-refractivity contribution is 5.57. The van der Waals surface area contributed by atoms with Gasteiger partial charge in [-0.3, -0.25) is 4.99 Å². The molecule has 0 aromatic rings. The molecule has 2 aliphatic rings. The largest absolute Gasteiger partial charge is 0.372 e. The molecule has 0 bridgehead atoms. The molecule has 2 heteroatoms. The fraction of sp³-hybridized carbons (Fsp3) is 0.727. The van der Waals surface area contributed by atoms with Gasteiger partial charge in [0.1, 0.15) is 0 Å². The number of aliphatic imine (C=N–C) groups is 1. The highest BCUT2D eigenvalue weighted by Crippen LogP contribution is 2.26. The second-order valence-corrected chi connectivity index (χ2v) is 4.26. The van der Waals surface area contributed by atoms with E-state index in [1.807, 2.05) is 6.34 Å². The van der Waals surface area contributed by atoms with Gasteiger partial charge in [-0.1, -0.05) is 11.6 Å². The van der Waals surface area contributed by atoms with Crippen LogP contribution >= 0.6 is 0 Å². The maximum absolute atomic E-state index is 4.19. The van der Waals surface area contributed by atoms with E-state index in [2.05, 4.69) is 23.3 Å². The Balaban J connectivity index is 1.83. The Bertz CT molecular complexity index is 222. The summed E-state index contributed by atoms with van der Waals surface area (Å²) < 4.78 is 0. The van der Waals surface area contributed by atoms with Crippen LogP contribution in [0, 0.1) is 5.92 Å². The van der Waals surface area contributed by atoms with Crippen molar-refractivity contribution in [3.8, 4) is 0 Å². The van der Waals surface area contributed by atoms with Crippen LogP contribution in [-0.2, 0) is 0 Å². The normalized spacial score (nSPS) is 32.8. The second-order valence-electron chi connectivity index (χ2n) is 4.26. The number of hydrogen-bond donors (Lipinski definition) is 1. The molecule has 1 aliphatic carbocycles. The predicted molar refractivity (Wildman–Crippen MR) is 56.0 cm³/mol. The van der Waals surface area contributed by atoms with Crippen molar-refractivity contribution in [2.75, 3.05) is 6.54 Å². The van der Waals surface area contributed by atoms with E-state index < -0.39 is 0 Å². The first-order chi connectivity index (χ1) is 6.34. The Kier molecular flexibility index (Phi) is 2.67. The van der Waals surface area contributed by atoms with Crippen LogP contribution in [0.2, 0.25) is 0 Å². The predicted octanol–water partition coefficient (Wildman–Crippen LogP) is 2.12. The van der Waals surface area contributed by atoms with Crippen LogP contribution in [0.25, 0.3) is 0 Å². The van der Waals surface area contributed by atoms with Crippen LogP contribution in [-0.4, -0.2) is 18.9 Å². The van der Waals surface area contributed by atoms with E-state index >= 15 is 0 Å². The van der Waals surface area contributed by atoms with Crippen molar-refractivity contribution in [1.29, 1.82) is 0 Å². The first kappa shape index (κ1) is 8.79. The highest BCUT2D eigenvalue weighted by atomic mass is 15.1. The van der Waals surface area contributed by atoms with Crippen molar-refractivity contribution < 1.29 is 0 Å². The molecule has 2 rings (SSSR count). The molecule has 0 aromatic heterocycles. The highest BCUT2D eigenvalue weighted by Gasteiger charge is 2.18. The molecule has 72 valence electrons. The Labute approximate surface area is 80.1 Å². The smallest absolute Gasteiger partial charge is 0.0827 e. The minimum absolute atomic E-state index is 0.604. The van der Waals surface area contributed by atoms with Gasteiger partial charge in [0, 0.05) is 6.04 Å². The second kappa shape index (κ2) is 3.95. The lowest BCUT2D eigenvalue weighted by molar-refractivity contribution is 0.441. The van der Waals surface area contributed by atoms with Gasteiger partial charge in [0.2, 0.25) is 0 Å². The quantitative estimate of drug-likeness (QED) is 0.644. The molecule has 1 aliphatic heterocycles. The third-order valence-corrected chi connectivity index (χ3v) is 2.98. The summed E-state index contributed by atoms with van der Waals surface area (Å²) in [5.74, 6) is 0.799. The van der Waals surface area contributed by atoms with Crippen LogP contribution < -0.4 is 5.32 Å². The summed E-state index contributed by atoms with van der Waals surface area (Å²) in [6, 6.07) is 0.604. The van der Waals surface area contributed by atoms with E-state index in [1.54, 1.807) is 5.57 Å². The number of allylic oxidation sites excluding steroid dienone is 2. The van der Waals surface area contributed by atoms with Gasteiger partial charge in [0.15, 0.2) is 0 Å². The zero-order valence-electron chi connectivity index (χ0n) is 8.29. The van der Waals surface area contributed by atoms with Crippen LogP contribution in [0.4, 0.5) is 0 Å². The number of rotatable bonds is 2. The zero-order valence-corrected chi connectivity index (χ0v) is 8.29. The zero-order chi connectivity index (χ0) is 9.10. The molecular formula is C11H18N2. The van der Waals surface area contributed by atoms with Gasteiger partial charge in [-0.25, -0.2) is 0 Å². The van der Waals surface area contributed by atoms with Crippen molar-refractivity contribution in [2.24, 2.45) is 10.9 Å². The summed E-state index contributed by atoms with van der Waals surface area (Å²) in [4.78, 5) is 4.19. The molecule has 2 unspecified atom stereocenters. The fourth-order valence-electron chi connectivity index (χ4n) is 2.30. The van der Waals surface area contributed by atoms with E-state index in [9.17, 15) is 0 Å². The first-order valence-corrected chi connectivity index (χ1v) is 5.26. The maximum atomic E-state index is 4.19. The van der Waals surface area contributed by atoms with Crippen molar-refractivity contribution in [1.82, 2.24) is 5.32 Å². The minimum atomic E-state index is 0.604. The summed E-state index contributed by atoms with van der Waals surface area (Å²) in [5, 5.41) is 3.30. The lowest BCUT2D eigenvalue weighted by Gasteiger charge is -2.22. The summed E-state index contributed by atoms with van der Waals surface area (Å²) in [6.07, 6.45) is 9.63. The maximum Gasteiger partial charge on any atom is 0.0827 e. The van der Waals surface area contributed by atoms with Gasteiger partial charge in [0.25, 0.3) is 0 Å². The van der Waals surface area contributed by atoms with E-state index in [0.717, 1.165) is 12.5 Å². The molecule has 0 radical (unpaired) electrons.